The molecule has 1 aliphatic heterocycles. The molecule has 1 aromatic rings. The zero-order valence-corrected chi connectivity index (χ0v) is 10.4. The molecule has 7 heteroatoms. The largest absolute Gasteiger partial charge is 0.478 e. The maximum atomic E-state index is 13.7. The highest BCUT2D eigenvalue weighted by atomic mass is 32.2. The first-order chi connectivity index (χ1) is 8.32. The quantitative estimate of drug-likeness (QED) is 0.822. The first-order valence-electron chi connectivity index (χ1n) is 5.25. The molecule has 1 aliphatic rings. The fourth-order valence-electron chi connectivity index (χ4n) is 1.92. The summed E-state index contributed by atoms with van der Waals surface area (Å²) in [6, 6.07) is 3.77. The van der Waals surface area contributed by atoms with Crippen LogP contribution in [0.25, 0.3) is 0 Å². The van der Waals surface area contributed by atoms with E-state index >= 15 is 0 Å². The summed E-state index contributed by atoms with van der Waals surface area (Å²) in [4.78, 5) is 12.2. The smallest absolute Gasteiger partial charge is 0.335 e. The normalized spacial score (nSPS) is 23.1. The third-order valence-electron chi connectivity index (χ3n) is 2.85. The molecule has 0 fully saturated rings. The Labute approximate surface area is 104 Å². The monoisotopic (exact) mass is 273 g/mol. The van der Waals surface area contributed by atoms with Crippen LogP contribution < -0.4 is 0 Å². The Kier molecular flexibility index (Phi) is 3.12. The van der Waals surface area contributed by atoms with Crippen LogP contribution in [0.1, 0.15) is 15.9 Å². The second kappa shape index (κ2) is 4.33. The molecule has 0 aromatic heterocycles. The van der Waals surface area contributed by atoms with E-state index in [2.05, 4.69) is 0 Å². The predicted octanol–water partition coefficient (Wildman–Crippen LogP) is 0.899. The van der Waals surface area contributed by atoms with Crippen molar-refractivity contribution in [1.82, 2.24) is 4.90 Å². The molecule has 2 rings (SSSR count). The molecular weight excluding hydrogens is 261 g/mol. The summed E-state index contributed by atoms with van der Waals surface area (Å²) in [5.41, 5.74) is -1.77. The van der Waals surface area contributed by atoms with Crippen LogP contribution in [0.5, 0.6) is 0 Å². The number of sulfone groups is 1. The van der Waals surface area contributed by atoms with Gasteiger partial charge in [0.05, 0.1) is 10.5 Å². The molecule has 1 aromatic carbocycles. The number of hydrogen-bond donors (Lipinski definition) is 1. The molecule has 0 spiro atoms. The van der Waals surface area contributed by atoms with Crippen molar-refractivity contribution in [2.45, 2.75) is 16.9 Å². The van der Waals surface area contributed by atoms with Crippen molar-refractivity contribution in [2.75, 3.05) is 13.6 Å². The third kappa shape index (κ3) is 2.11. The molecular formula is C11H12FNO4S. The van der Waals surface area contributed by atoms with Crippen LogP contribution in [0, 0.1) is 0 Å². The lowest BCUT2D eigenvalue weighted by atomic mass is 10.1. The summed E-state index contributed by atoms with van der Waals surface area (Å²) in [7, 11) is -2.50. The number of carboxylic acid groups (broad SMARTS) is 1. The number of hydrogen-bond acceptors (Lipinski definition) is 4. The van der Waals surface area contributed by atoms with Gasteiger partial charge in [-0.2, -0.15) is 0 Å². The van der Waals surface area contributed by atoms with Gasteiger partial charge in [0.2, 0.25) is 15.3 Å². The molecule has 0 radical (unpaired) electrons. The molecule has 98 valence electrons. The number of fused-ring (bicyclic) bond motifs is 1. The van der Waals surface area contributed by atoms with Crippen LogP contribution in [0.3, 0.4) is 0 Å². The summed E-state index contributed by atoms with van der Waals surface area (Å²) in [5, 5.41) is 8.85. The van der Waals surface area contributed by atoms with Crippen LogP contribution in [0.15, 0.2) is 23.1 Å². The van der Waals surface area contributed by atoms with Gasteiger partial charge in [0.1, 0.15) is 0 Å². The van der Waals surface area contributed by atoms with Gasteiger partial charge in [-0.05, 0) is 24.7 Å². The lowest BCUT2D eigenvalue weighted by Crippen LogP contribution is -2.27. The Balaban J connectivity index is 2.66. The lowest BCUT2D eigenvalue weighted by Gasteiger charge is -2.13. The topological polar surface area (TPSA) is 74.7 Å². The van der Waals surface area contributed by atoms with Crippen molar-refractivity contribution in [3.05, 3.63) is 29.3 Å². The molecule has 0 amide bonds. The molecule has 0 saturated carbocycles. The number of benzene rings is 1. The number of rotatable bonds is 1. The Hall–Kier alpha value is -1.47. The summed E-state index contributed by atoms with van der Waals surface area (Å²) in [6.07, 6.45) is 0. The van der Waals surface area contributed by atoms with Crippen LogP contribution >= 0.6 is 0 Å². The van der Waals surface area contributed by atoms with Gasteiger partial charge in [-0.1, -0.05) is 6.07 Å². The van der Waals surface area contributed by atoms with Gasteiger partial charge >= 0.3 is 5.97 Å². The van der Waals surface area contributed by atoms with Crippen molar-refractivity contribution < 1.29 is 22.7 Å². The number of aromatic carboxylic acids is 1. The Morgan fingerprint density at radius 3 is 2.78 bits per heavy atom. The Morgan fingerprint density at radius 2 is 2.17 bits per heavy atom. The van der Waals surface area contributed by atoms with E-state index in [9.17, 15) is 17.6 Å². The Bertz CT molecular complexity index is 599. The fourth-order valence-corrected chi connectivity index (χ4v) is 3.43. The van der Waals surface area contributed by atoms with Crippen LogP contribution in [0.2, 0.25) is 0 Å². The third-order valence-corrected chi connectivity index (χ3v) is 4.67. The molecule has 1 atom stereocenters. The average Bonchev–Trinajstić information content (AvgIpc) is 2.35. The number of nitrogens with zero attached hydrogens (tertiary/aromatic N) is 1. The molecule has 0 bridgehead atoms. The number of halogens is 1. The van der Waals surface area contributed by atoms with Gasteiger partial charge in [0.25, 0.3) is 0 Å². The molecule has 18 heavy (non-hydrogen) atoms. The van der Waals surface area contributed by atoms with E-state index in [-0.39, 0.29) is 23.5 Å². The summed E-state index contributed by atoms with van der Waals surface area (Å²) >= 11 is 0. The first kappa shape index (κ1) is 13.0. The van der Waals surface area contributed by atoms with Gasteiger partial charge in [0, 0.05) is 13.1 Å². The molecule has 0 saturated heterocycles. The van der Waals surface area contributed by atoms with Gasteiger partial charge in [0.15, 0.2) is 0 Å². The van der Waals surface area contributed by atoms with E-state index < -0.39 is 21.3 Å². The minimum absolute atomic E-state index is 0.158. The number of carbonyl (C=O) groups is 1. The zero-order valence-electron chi connectivity index (χ0n) is 9.63. The highest BCUT2D eigenvalue weighted by Gasteiger charge is 2.34. The maximum absolute atomic E-state index is 13.7. The summed E-state index contributed by atoms with van der Waals surface area (Å²) in [5.74, 6) is -1.24. The zero-order chi connectivity index (χ0) is 13.5. The van der Waals surface area contributed by atoms with Crippen LogP contribution in [-0.2, 0) is 16.4 Å². The number of alkyl halides is 1. The lowest BCUT2D eigenvalue weighted by molar-refractivity contribution is 0.0696. The molecule has 1 N–H and O–H groups in total. The fraction of sp³-hybridized carbons (Fsp3) is 0.364. The molecule has 0 unspecified atom stereocenters. The van der Waals surface area contributed by atoms with E-state index in [0.29, 0.717) is 5.56 Å². The van der Waals surface area contributed by atoms with Crippen molar-refractivity contribution in [1.29, 1.82) is 0 Å². The van der Waals surface area contributed by atoms with E-state index in [4.69, 9.17) is 5.11 Å². The maximum Gasteiger partial charge on any atom is 0.335 e. The highest BCUT2D eigenvalue weighted by Crippen LogP contribution is 2.27. The SMILES string of the molecule is CN1Cc2ccc(C(=O)O)cc2S(=O)(=O)[C@H](F)C1. The second-order valence-corrected chi connectivity index (χ2v) is 6.32. The highest BCUT2D eigenvalue weighted by molar-refractivity contribution is 7.92. The standard InChI is InChI=1S/C11H12FNO4S/c1-13-5-8-3-2-7(11(14)15)4-9(8)18(16,17)10(12)6-13/h2-4,10H,5-6H2,1H3,(H,14,15)/t10-/m0/s1. The number of carboxylic acids is 1. The van der Waals surface area contributed by atoms with Crippen molar-refractivity contribution in [3.63, 3.8) is 0 Å². The molecule has 0 aliphatic carbocycles. The van der Waals surface area contributed by atoms with Crippen LogP contribution in [-0.4, -0.2) is 43.5 Å². The van der Waals surface area contributed by atoms with Gasteiger partial charge < -0.3 is 5.11 Å². The minimum atomic E-state index is -4.12. The first-order valence-corrected chi connectivity index (χ1v) is 6.79. The van der Waals surface area contributed by atoms with E-state index in [1.165, 1.54) is 12.1 Å². The van der Waals surface area contributed by atoms with Crippen LogP contribution in [0.4, 0.5) is 4.39 Å². The minimum Gasteiger partial charge on any atom is -0.478 e. The van der Waals surface area contributed by atoms with Gasteiger partial charge in [-0.3, -0.25) is 4.90 Å². The molecule has 5 nitrogen and oxygen atoms in total. The summed E-state index contributed by atoms with van der Waals surface area (Å²) in [6.45, 7) is 0.0499. The van der Waals surface area contributed by atoms with Gasteiger partial charge in [-0.15, -0.1) is 0 Å². The van der Waals surface area contributed by atoms with E-state index in [1.807, 2.05) is 0 Å². The second-order valence-electron chi connectivity index (χ2n) is 4.28. The van der Waals surface area contributed by atoms with Gasteiger partial charge in [-0.25, -0.2) is 17.6 Å². The van der Waals surface area contributed by atoms with Crippen molar-refractivity contribution in [2.24, 2.45) is 0 Å². The van der Waals surface area contributed by atoms with E-state index in [0.717, 1.165) is 6.07 Å². The van der Waals surface area contributed by atoms with E-state index in [1.54, 1.807) is 11.9 Å². The van der Waals surface area contributed by atoms with Crippen molar-refractivity contribution in [3.8, 4) is 0 Å². The predicted molar refractivity (Wildman–Crippen MR) is 61.8 cm³/mol. The summed E-state index contributed by atoms with van der Waals surface area (Å²) < 4.78 is 37.6. The Morgan fingerprint density at radius 1 is 1.50 bits per heavy atom. The van der Waals surface area contributed by atoms with Crippen molar-refractivity contribution >= 4 is 15.8 Å². The average molecular weight is 273 g/mol. The molecule has 1 heterocycles.